The van der Waals surface area contributed by atoms with Gasteiger partial charge >= 0.3 is 11.9 Å². The Morgan fingerprint density at radius 2 is 1.59 bits per heavy atom. The first kappa shape index (κ1) is 20.3. The standard InChI is InChI=1S/C20H18O6S/c1-2-18(21)26-13-3-12-25-16-8-4-15(5-9-16)20(24)27-17-10-6-14(7-11-17)19(22)23/h2,4-11H,1,3,12-13H2,(H,22,23). The van der Waals surface area contributed by atoms with Crippen molar-refractivity contribution in [3.63, 3.8) is 0 Å². The molecule has 7 heteroatoms. The summed E-state index contributed by atoms with van der Waals surface area (Å²) in [6.45, 7) is 3.93. The van der Waals surface area contributed by atoms with Gasteiger partial charge in [-0.1, -0.05) is 6.58 Å². The Morgan fingerprint density at radius 1 is 0.963 bits per heavy atom. The minimum Gasteiger partial charge on any atom is -0.493 e. The summed E-state index contributed by atoms with van der Waals surface area (Å²) in [7, 11) is 0. The molecule has 1 N–H and O–H groups in total. The Labute approximate surface area is 160 Å². The van der Waals surface area contributed by atoms with Gasteiger partial charge in [-0.3, -0.25) is 4.79 Å². The lowest BCUT2D eigenvalue weighted by Gasteiger charge is -2.07. The van der Waals surface area contributed by atoms with Crippen LogP contribution in [0.1, 0.15) is 27.1 Å². The maximum absolute atomic E-state index is 12.3. The van der Waals surface area contributed by atoms with Gasteiger partial charge in [0.1, 0.15) is 5.75 Å². The highest BCUT2D eigenvalue weighted by atomic mass is 32.2. The molecule has 0 amide bonds. The van der Waals surface area contributed by atoms with Gasteiger partial charge in [0.15, 0.2) is 0 Å². The predicted molar refractivity (Wildman–Crippen MR) is 101 cm³/mol. The van der Waals surface area contributed by atoms with Crippen LogP contribution in [0.4, 0.5) is 0 Å². The van der Waals surface area contributed by atoms with Crippen LogP contribution in [0.15, 0.2) is 66.1 Å². The van der Waals surface area contributed by atoms with Crippen LogP contribution >= 0.6 is 11.8 Å². The van der Waals surface area contributed by atoms with Gasteiger partial charge in [-0.05, 0) is 60.3 Å². The van der Waals surface area contributed by atoms with Gasteiger partial charge in [0, 0.05) is 23.0 Å². The molecule has 0 saturated heterocycles. The van der Waals surface area contributed by atoms with E-state index in [4.69, 9.17) is 14.6 Å². The highest BCUT2D eigenvalue weighted by molar-refractivity contribution is 8.14. The Kier molecular flexibility index (Phi) is 7.63. The average molecular weight is 386 g/mol. The maximum atomic E-state index is 12.3. The fourth-order valence-corrected chi connectivity index (χ4v) is 2.74. The number of carboxylic acid groups (broad SMARTS) is 1. The molecule has 0 radical (unpaired) electrons. The summed E-state index contributed by atoms with van der Waals surface area (Å²) < 4.78 is 10.4. The molecule has 0 aromatic heterocycles. The van der Waals surface area contributed by atoms with Crippen LogP contribution < -0.4 is 4.74 Å². The topological polar surface area (TPSA) is 89.9 Å². The van der Waals surface area contributed by atoms with Crippen LogP contribution in [-0.2, 0) is 9.53 Å². The molecule has 0 fully saturated rings. The minimum absolute atomic E-state index is 0.152. The van der Waals surface area contributed by atoms with E-state index in [2.05, 4.69) is 6.58 Å². The van der Waals surface area contributed by atoms with Gasteiger partial charge in [-0.2, -0.15) is 0 Å². The third-order valence-corrected chi connectivity index (χ3v) is 4.30. The van der Waals surface area contributed by atoms with Crippen LogP contribution in [0.2, 0.25) is 0 Å². The molecule has 0 spiro atoms. The van der Waals surface area contributed by atoms with E-state index in [-0.39, 0.29) is 17.3 Å². The lowest BCUT2D eigenvalue weighted by molar-refractivity contribution is -0.137. The normalized spacial score (nSPS) is 10.1. The minimum atomic E-state index is -1.01. The molecule has 0 heterocycles. The van der Waals surface area contributed by atoms with Gasteiger partial charge in [0.05, 0.1) is 18.8 Å². The molecule has 0 unspecified atom stereocenters. The third-order valence-electron chi connectivity index (χ3n) is 3.37. The van der Waals surface area contributed by atoms with Gasteiger partial charge in [0.2, 0.25) is 5.12 Å². The van der Waals surface area contributed by atoms with E-state index < -0.39 is 11.9 Å². The first-order chi connectivity index (χ1) is 13.0. The van der Waals surface area contributed by atoms with Crippen molar-refractivity contribution in [3.05, 3.63) is 72.3 Å². The number of hydrogen-bond donors (Lipinski definition) is 1. The molecule has 2 aromatic carbocycles. The molecule has 140 valence electrons. The molecule has 0 bridgehead atoms. The highest BCUT2D eigenvalue weighted by Gasteiger charge is 2.09. The summed E-state index contributed by atoms with van der Waals surface area (Å²) >= 11 is 1.02. The van der Waals surface area contributed by atoms with Gasteiger partial charge in [-0.25, -0.2) is 9.59 Å². The first-order valence-corrected chi connectivity index (χ1v) is 8.89. The number of aromatic carboxylic acids is 1. The van der Waals surface area contributed by atoms with E-state index in [1.165, 1.54) is 12.1 Å². The number of carbonyl (C=O) groups is 3. The molecule has 0 aliphatic carbocycles. The van der Waals surface area contributed by atoms with Gasteiger partial charge in [0.25, 0.3) is 0 Å². The summed E-state index contributed by atoms with van der Waals surface area (Å²) in [5, 5.41) is 8.73. The smallest absolute Gasteiger partial charge is 0.335 e. The number of benzene rings is 2. The Morgan fingerprint density at radius 3 is 2.19 bits per heavy atom. The lowest BCUT2D eigenvalue weighted by Crippen LogP contribution is -2.06. The van der Waals surface area contributed by atoms with Crippen LogP contribution in [0, 0.1) is 0 Å². The molecule has 2 rings (SSSR count). The van der Waals surface area contributed by atoms with E-state index in [1.54, 1.807) is 36.4 Å². The van der Waals surface area contributed by atoms with Crippen molar-refractivity contribution >= 4 is 28.8 Å². The van der Waals surface area contributed by atoms with Crippen molar-refractivity contribution in [2.24, 2.45) is 0 Å². The second-order valence-electron chi connectivity index (χ2n) is 5.32. The number of esters is 1. The van der Waals surface area contributed by atoms with Crippen LogP contribution in [0.3, 0.4) is 0 Å². The maximum Gasteiger partial charge on any atom is 0.335 e. The molecule has 0 aliphatic heterocycles. The van der Waals surface area contributed by atoms with Crippen LogP contribution in [0.5, 0.6) is 5.75 Å². The molecule has 2 aromatic rings. The third kappa shape index (κ3) is 6.63. The Bertz CT molecular complexity index is 811. The number of carbonyl (C=O) groups excluding carboxylic acids is 2. The van der Waals surface area contributed by atoms with E-state index in [1.807, 2.05) is 0 Å². The first-order valence-electron chi connectivity index (χ1n) is 8.07. The fourth-order valence-electron chi connectivity index (χ4n) is 2.00. The fraction of sp³-hybridized carbons (Fsp3) is 0.150. The van der Waals surface area contributed by atoms with E-state index in [9.17, 15) is 14.4 Å². The molecule has 27 heavy (non-hydrogen) atoms. The molecule has 0 aliphatic rings. The molecular formula is C20H18O6S. The summed E-state index contributed by atoms with van der Waals surface area (Å²) in [4.78, 5) is 34.7. The van der Waals surface area contributed by atoms with E-state index >= 15 is 0 Å². The van der Waals surface area contributed by atoms with E-state index in [0.717, 1.165) is 17.8 Å². The van der Waals surface area contributed by atoms with E-state index in [0.29, 0.717) is 29.2 Å². The zero-order chi connectivity index (χ0) is 19.6. The van der Waals surface area contributed by atoms with Crippen molar-refractivity contribution in [1.29, 1.82) is 0 Å². The SMILES string of the molecule is C=CC(=O)OCCCOc1ccc(C(=O)Sc2ccc(C(=O)O)cc2)cc1. The molecular weight excluding hydrogens is 368 g/mol. The molecule has 0 saturated carbocycles. The van der Waals surface area contributed by atoms with Crippen molar-refractivity contribution in [1.82, 2.24) is 0 Å². The Balaban J connectivity index is 1.81. The summed E-state index contributed by atoms with van der Waals surface area (Å²) in [5.41, 5.74) is 0.683. The quantitative estimate of drug-likeness (QED) is 0.303. The van der Waals surface area contributed by atoms with Crippen molar-refractivity contribution in [3.8, 4) is 5.75 Å². The number of rotatable bonds is 9. The zero-order valence-electron chi connectivity index (χ0n) is 14.4. The summed E-state index contributed by atoms with van der Waals surface area (Å²) in [6, 6.07) is 12.8. The second-order valence-corrected chi connectivity index (χ2v) is 6.36. The number of ether oxygens (including phenoxy) is 2. The highest BCUT2D eigenvalue weighted by Crippen LogP contribution is 2.24. The summed E-state index contributed by atoms with van der Waals surface area (Å²) in [6.07, 6.45) is 1.65. The van der Waals surface area contributed by atoms with Crippen LogP contribution in [0.25, 0.3) is 0 Å². The zero-order valence-corrected chi connectivity index (χ0v) is 15.2. The van der Waals surface area contributed by atoms with Crippen molar-refractivity contribution < 1.29 is 29.0 Å². The molecule has 6 nitrogen and oxygen atoms in total. The lowest BCUT2D eigenvalue weighted by atomic mass is 10.2. The van der Waals surface area contributed by atoms with Crippen molar-refractivity contribution in [2.45, 2.75) is 11.3 Å². The number of thioether (sulfide) groups is 1. The van der Waals surface area contributed by atoms with Crippen LogP contribution in [-0.4, -0.2) is 35.4 Å². The number of hydrogen-bond acceptors (Lipinski definition) is 6. The average Bonchev–Trinajstić information content (AvgIpc) is 2.68. The second kappa shape index (κ2) is 10.2. The molecule has 0 atom stereocenters. The summed E-state index contributed by atoms with van der Waals surface area (Å²) in [5.74, 6) is -0.863. The monoisotopic (exact) mass is 386 g/mol. The largest absolute Gasteiger partial charge is 0.493 e. The predicted octanol–water partition coefficient (Wildman–Crippen LogP) is 3.82. The Hall–Kier alpha value is -3.06. The number of carboxylic acids is 1. The van der Waals surface area contributed by atoms with Gasteiger partial charge < -0.3 is 14.6 Å². The van der Waals surface area contributed by atoms with Crippen molar-refractivity contribution in [2.75, 3.05) is 13.2 Å². The van der Waals surface area contributed by atoms with Gasteiger partial charge in [-0.15, -0.1) is 0 Å².